The minimum atomic E-state index is 0.0935. The van der Waals surface area contributed by atoms with E-state index in [0.717, 1.165) is 76.8 Å². The number of nitrogens with zero attached hydrogens (tertiary/aromatic N) is 1. The van der Waals surface area contributed by atoms with Gasteiger partial charge in [0.1, 0.15) is 5.69 Å². The van der Waals surface area contributed by atoms with Crippen LogP contribution in [-0.2, 0) is 5.41 Å². The standard InChI is InChI=1S/C42H31Br2NO2/c1-23-33-17-27(24-5-11-30(12-6-24)42(2,3)4)19-35-39(33)45-40-34(23)18-28(25-7-13-31(43)14-8-25)20-36(40)47-38-22-29(21-37(46-35)41(38)45)26-9-15-32(44)16-10-26/h5-23H,1-4H3. The monoisotopic (exact) mass is 739 g/mol. The van der Waals surface area contributed by atoms with E-state index >= 15 is 0 Å². The van der Waals surface area contributed by atoms with Crippen LogP contribution in [-0.4, -0.2) is 0 Å². The number of benzene rings is 6. The van der Waals surface area contributed by atoms with Crippen molar-refractivity contribution in [3.63, 3.8) is 0 Å². The fourth-order valence-electron chi connectivity index (χ4n) is 7.20. The zero-order chi connectivity index (χ0) is 32.2. The SMILES string of the molecule is CC1c2cc(-c3ccc(Br)cc3)cc3c2N2c4c(cc(-c5ccc(Br)cc5)cc4Oc4cc(-c5ccc(C(C)(C)C)cc5)cc1c42)O3. The Hall–Kier alpha value is -4.32. The molecule has 0 spiro atoms. The van der Waals surface area contributed by atoms with E-state index in [2.05, 4.69) is 174 Å². The van der Waals surface area contributed by atoms with Crippen molar-refractivity contribution in [2.45, 2.75) is 39.0 Å². The fraction of sp³-hybridized carbons (Fsp3) is 0.143. The maximum absolute atomic E-state index is 6.89. The molecule has 3 aliphatic rings. The van der Waals surface area contributed by atoms with Crippen LogP contribution in [0.2, 0.25) is 0 Å². The lowest BCUT2D eigenvalue weighted by atomic mass is 9.81. The Bertz CT molecular complexity index is 2250. The highest BCUT2D eigenvalue weighted by Gasteiger charge is 2.43. The molecule has 0 aliphatic carbocycles. The number of hydrogen-bond acceptors (Lipinski definition) is 3. The molecule has 9 rings (SSSR count). The van der Waals surface area contributed by atoms with Gasteiger partial charge in [0.15, 0.2) is 23.0 Å². The lowest BCUT2D eigenvalue weighted by Gasteiger charge is -2.44. The summed E-state index contributed by atoms with van der Waals surface area (Å²) in [5.74, 6) is 3.43. The minimum Gasteiger partial charge on any atom is -0.453 e. The number of ether oxygens (including phenoxy) is 2. The van der Waals surface area contributed by atoms with Crippen LogP contribution in [0.3, 0.4) is 0 Å². The van der Waals surface area contributed by atoms with Gasteiger partial charge in [0.25, 0.3) is 0 Å². The van der Waals surface area contributed by atoms with Crippen LogP contribution in [0.15, 0.2) is 118 Å². The number of anilines is 3. The molecule has 0 N–H and O–H groups in total. The Labute approximate surface area is 292 Å². The highest BCUT2D eigenvalue weighted by molar-refractivity contribution is 9.10. The summed E-state index contributed by atoms with van der Waals surface area (Å²) < 4.78 is 15.9. The summed E-state index contributed by atoms with van der Waals surface area (Å²) in [5, 5.41) is 0. The normalized spacial score (nSPS) is 15.1. The largest absolute Gasteiger partial charge is 0.453 e. The predicted octanol–water partition coefficient (Wildman–Crippen LogP) is 13.7. The molecule has 6 aromatic carbocycles. The Kier molecular flexibility index (Phi) is 6.35. The van der Waals surface area contributed by atoms with Gasteiger partial charge < -0.3 is 9.47 Å². The number of hydrogen-bond donors (Lipinski definition) is 0. The van der Waals surface area contributed by atoms with Crippen LogP contribution >= 0.6 is 31.9 Å². The van der Waals surface area contributed by atoms with Gasteiger partial charge in [0, 0.05) is 14.9 Å². The van der Waals surface area contributed by atoms with Crippen LogP contribution in [0.4, 0.5) is 17.1 Å². The third-order valence-electron chi connectivity index (χ3n) is 9.73. The van der Waals surface area contributed by atoms with Crippen LogP contribution < -0.4 is 14.4 Å². The van der Waals surface area contributed by atoms with Crippen molar-refractivity contribution in [3.05, 3.63) is 135 Å². The molecule has 0 fully saturated rings. The van der Waals surface area contributed by atoms with E-state index in [1.54, 1.807) is 0 Å². The third-order valence-corrected chi connectivity index (χ3v) is 10.8. The second kappa shape index (κ2) is 10.3. The quantitative estimate of drug-likeness (QED) is 0.180. The van der Waals surface area contributed by atoms with E-state index in [1.165, 1.54) is 22.3 Å². The van der Waals surface area contributed by atoms with E-state index in [0.29, 0.717) is 0 Å². The zero-order valence-electron chi connectivity index (χ0n) is 26.5. The van der Waals surface area contributed by atoms with Gasteiger partial charge in [-0.1, -0.05) is 108 Å². The van der Waals surface area contributed by atoms with Crippen LogP contribution in [0.25, 0.3) is 33.4 Å². The third kappa shape index (κ3) is 4.58. The predicted molar refractivity (Wildman–Crippen MR) is 199 cm³/mol. The molecule has 230 valence electrons. The molecule has 47 heavy (non-hydrogen) atoms. The first-order chi connectivity index (χ1) is 22.6. The van der Waals surface area contributed by atoms with Gasteiger partial charge in [-0.05, 0) is 116 Å². The molecule has 6 aromatic rings. The molecule has 3 heterocycles. The maximum Gasteiger partial charge on any atom is 0.156 e. The molecule has 0 aromatic heterocycles. The van der Waals surface area contributed by atoms with E-state index in [1.807, 2.05) is 0 Å². The Balaban J connectivity index is 1.28. The molecule has 1 unspecified atom stereocenters. The molecule has 0 amide bonds. The van der Waals surface area contributed by atoms with E-state index < -0.39 is 0 Å². The highest BCUT2D eigenvalue weighted by Crippen LogP contribution is 2.66. The summed E-state index contributed by atoms with van der Waals surface area (Å²) in [5.41, 5.74) is 13.8. The van der Waals surface area contributed by atoms with E-state index in [9.17, 15) is 0 Å². The summed E-state index contributed by atoms with van der Waals surface area (Å²) in [6, 6.07) is 39.3. The van der Waals surface area contributed by atoms with Crippen molar-refractivity contribution in [1.82, 2.24) is 0 Å². The van der Waals surface area contributed by atoms with Crippen LogP contribution in [0.5, 0.6) is 23.0 Å². The summed E-state index contributed by atoms with van der Waals surface area (Å²) in [6.45, 7) is 9.07. The maximum atomic E-state index is 6.89. The molecular formula is C42H31Br2NO2. The van der Waals surface area contributed by atoms with Crippen molar-refractivity contribution in [3.8, 4) is 56.4 Å². The highest BCUT2D eigenvalue weighted by atomic mass is 79.9. The van der Waals surface area contributed by atoms with Gasteiger partial charge in [0.2, 0.25) is 0 Å². The van der Waals surface area contributed by atoms with Gasteiger partial charge >= 0.3 is 0 Å². The Morgan fingerprint density at radius 1 is 0.489 bits per heavy atom. The van der Waals surface area contributed by atoms with E-state index in [-0.39, 0.29) is 11.3 Å². The second-order valence-electron chi connectivity index (χ2n) is 13.7. The summed E-state index contributed by atoms with van der Waals surface area (Å²) in [4.78, 5) is 2.40. The van der Waals surface area contributed by atoms with Gasteiger partial charge in [-0.2, -0.15) is 0 Å². The van der Waals surface area contributed by atoms with Gasteiger partial charge in [-0.3, -0.25) is 4.90 Å². The van der Waals surface area contributed by atoms with Crippen molar-refractivity contribution in [2.24, 2.45) is 0 Å². The first-order valence-corrected chi connectivity index (χ1v) is 17.5. The molecule has 5 heteroatoms. The summed E-state index contributed by atoms with van der Waals surface area (Å²) >= 11 is 7.19. The topological polar surface area (TPSA) is 21.7 Å². The summed E-state index contributed by atoms with van der Waals surface area (Å²) in [7, 11) is 0. The lowest BCUT2D eigenvalue weighted by molar-refractivity contribution is 0.443. The lowest BCUT2D eigenvalue weighted by Crippen LogP contribution is -2.27. The van der Waals surface area contributed by atoms with Crippen molar-refractivity contribution >= 4 is 48.9 Å². The average Bonchev–Trinajstić information content (AvgIpc) is 3.06. The Morgan fingerprint density at radius 3 is 1.26 bits per heavy atom. The van der Waals surface area contributed by atoms with Crippen molar-refractivity contribution in [2.75, 3.05) is 4.90 Å². The molecule has 0 saturated heterocycles. The minimum absolute atomic E-state index is 0.0935. The van der Waals surface area contributed by atoms with Crippen LogP contribution in [0, 0.1) is 0 Å². The molecule has 0 radical (unpaired) electrons. The molecule has 3 nitrogen and oxygen atoms in total. The second-order valence-corrected chi connectivity index (χ2v) is 15.6. The van der Waals surface area contributed by atoms with Gasteiger partial charge in [0.05, 0.1) is 11.4 Å². The summed E-state index contributed by atoms with van der Waals surface area (Å²) in [6.07, 6.45) is 0. The van der Waals surface area contributed by atoms with Crippen molar-refractivity contribution in [1.29, 1.82) is 0 Å². The number of rotatable bonds is 3. The molecule has 0 saturated carbocycles. The first-order valence-electron chi connectivity index (χ1n) is 15.9. The van der Waals surface area contributed by atoms with Gasteiger partial charge in [-0.25, -0.2) is 0 Å². The zero-order valence-corrected chi connectivity index (χ0v) is 29.7. The van der Waals surface area contributed by atoms with Crippen LogP contribution in [0.1, 0.15) is 50.3 Å². The average molecular weight is 742 g/mol. The van der Waals surface area contributed by atoms with Crippen molar-refractivity contribution < 1.29 is 9.47 Å². The molecule has 1 atom stereocenters. The molecular weight excluding hydrogens is 710 g/mol. The van der Waals surface area contributed by atoms with E-state index in [4.69, 9.17) is 9.47 Å². The smallest absolute Gasteiger partial charge is 0.156 e. The van der Waals surface area contributed by atoms with Gasteiger partial charge in [-0.15, -0.1) is 0 Å². The molecule has 3 aliphatic heterocycles. The fourth-order valence-corrected chi connectivity index (χ4v) is 7.73. The first kappa shape index (κ1) is 28.9. The number of halogens is 2. The molecule has 0 bridgehead atoms. The Morgan fingerprint density at radius 2 is 0.851 bits per heavy atom.